The third-order valence-electron chi connectivity index (χ3n) is 1.35. The zero-order valence-electron chi connectivity index (χ0n) is 9.90. The maximum Gasteiger partial charge on any atom is 0.0424 e. The third-order valence-corrected chi connectivity index (χ3v) is 2.20. The molecule has 0 saturated heterocycles. The van der Waals surface area contributed by atoms with Gasteiger partial charge in [0.05, 0.1) is 0 Å². The van der Waals surface area contributed by atoms with Gasteiger partial charge in [-0.3, -0.25) is 4.74 Å². The summed E-state index contributed by atoms with van der Waals surface area (Å²) < 4.78 is 4.62. The van der Waals surface area contributed by atoms with Crippen LogP contribution in [0, 0.1) is 0 Å². The number of rotatable bonds is 2. The van der Waals surface area contributed by atoms with E-state index in [0.717, 1.165) is 6.42 Å². The summed E-state index contributed by atoms with van der Waals surface area (Å²) in [6, 6.07) is 0. The van der Waals surface area contributed by atoms with Crippen LogP contribution in [0.2, 0.25) is 0 Å². The molecule has 1 nitrogen and oxygen atoms in total. The minimum atomic E-state index is -0.948. The first-order valence-corrected chi connectivity index (χ1v) is 7.72. The van der Waals surface area contributed by atoms with Crippen molar-refractivity contribution in [2.24, 2.45) is 4.74 Å². The zero-order valence-corrected chi connectivity index (χ0v) is 12.4. The molecule has 0 saturated carbocycles. The molecule has 0 heterocycles. The van der Waals surface area contributed by atoms with Crippen LogP contribution in [0.5, 0.6) is 0 Å². The van der Waals surface area contributed by atoms with E-state index in [9.17, 15) is 0 Å². The monoisotopic (exact) mass is 257 g/mol. The Morgan fingerprint density at radius 3 is 2.07 bits per heavy atom. The van der Waals surface area contributed by atoms with Crippen LogP contribution in [0.25, 0.3) is 0 Å². The standard InChI is InChI=1S/C8H14NP.C4H6.Ti/c1-10(2,3)9-8-6-4-5-7-8;1-3-4-2;/h4-6H,7H2,1-3H3;3-4H,1-2H2;. The molecule has 0 amide bonds. The second-order valence-electron chi connectivity index (χ2n) is 3.80. The molecule has 0 radical (unpaired) electrons. The Bertz CT molecular complexity index is 293. The van der Waals surface area contributed by atoms with Crippen molar-refractivity contribution in [3.63, 3.8) is 0 Å². The third kappa shape index (κ3) is 11.8. The van der Waals surface area contributed by atoms with Crippen molar-refractivity contribution in [2.75, 3.05) is 20.0 Å². The van der Waals surface area contributed by atoms with Gasteiger partial charge in [0.1, 0.15) is 0 Å². The molecule has 0 aromatic carbocycles. The summed E-state index contributed by atoms with van der Waals surface area (Å²) >= 11 is 0. The molecule has 1 aliphatic rings. The zero-order chi connectivity index (χ0) is 11.0. The molecule has 1 aliphatic carbocycles. The van der Waals surface area contributed by atoms with E-state index in [4.69, 9.17) is 0 Å². The molecule has 82 valence electrons. The average molecular weight is 257 g/mol. The van der Waals surface area contributed by atoms with Crippen LogP contribution in [0.3, 0.4) is 0 Å². The molecule has 0 aromatic heterocycles. The summed E-state index contributed by atoms with van der Waals surface area (Å²) in [6.45, 7) is 13.4. The molecule has 0 fully saturated rings. The fraction of sp³-hybridized carbons (Fsp3) is 0.333. The Balaban J connectivity index is 0. The van der Waals surface area contributed by atoms with Gasteiger partial charge in [0.25, 0.3) is 0 Å². The second-order valence-corrected chi connectivity index (χ2v) is 7.89. The van der Waals surface area contributed by atoms with E-state index in [2.05, 4.69) is 56.1 Å². The van der Waals surface area contributed by atoms with Crippen molar-refractivity contribution >= 4 is 7.05 Å². The molecule has 0 aliphatic heterocycles. The molecule has 15 heavy (non-hydrogen) atoms. The van der Waals surface area contributed by atoms with Crippen molar-refractivity contribution in [3.05, 3.63) is 49.2 Å². The summed E-state index contributed by atoms with van der Waals surface area (Å²) in [6.07, 6.45) is 10.6. The van der Waals surface area contributed by atoms with Crippen molar-refractivity contribution in [2.45, 2.75) is 6.42 Å². The Kier molecular flexibility index (Phi) is 10.6. The molecule has 0 aromatic rings. The van der Waals surface area contributed by atoms with Gasteiger partial charge in [-0.2, -0.15) is 0 Å². The van der Waals surface area contributed by atoms with Crippen LogP contribution in [0.1, 0.15) is 6.42 Å². The van der Waals surface area contributed by atoms with Crippen molar-refractivity contribution in [1.29, 1.82) is 0 Å². The smallest absolute Gasteiger partial charge is 0.0424 e. The Morgan fingerprint density at radius 1 is 1.27 bits per heavy atom. The molecule has 0 atom stereocenters. The average Bonchev–Trinajstić information content (AvgIpc) is 2.54. The molecule has 0 bridgehead atoms. The number of hydrogen-bond acceptors (Lipinski definition) is 1. The normalized spacial score (nSPS) is 12.9. The van der Waals surface area contributed by atoms with Crippen molar-refractivity contribution < 1.29 is 21.7 Å². The molecule has 0 N–H and O–H groups in total. The minimum absolute atomic E-state index is 0. The van der Waals surface area contributed by atoms with Gasteiger partial charge in [-0.1, -0.05) is 37.5 Å². The minimum Gasteiger partial charge on any atom is -0.272 e. The van der Waals surface area contributed by atoms with Gasteiger partial charge in [0.2, 0.25) is 0 Å². The Labute approximate surface area is 109 Å². The molecule has 0 unspecified atom stereocenters. The van der Waals surface area contributed by atoms with E-state index < -0.39 is 7.05 Å². The van der Waals surface area contributed by atoms with Gasteiger partial charge < -0.3 is 0 Å². The Morgan fingerprint density at radius 2 is 1.80 bits per heavy atom. The van der Waals surface area contributed by atoms with Gasteiger partial charge in [0, 0.05) is 33.8 Å². The first-order chi connectivity index (χ1) is 6.49. The van der Waals surface area contributed by atoms with Crippen LogP contribution >= 0.6 is 7.05 Å². The van der Waals surface area contributed by atoms with Gasteiger partial charge in [-0.15, -0.1) is 0 Å². The van der Waals surface area contributed by atoms with Crippen molar-refractivity contribution in [1.82, 2.24) is 0 Å². The van der Waals surface area contributed by atoms with E-state index in [-0.39, 0.29) is 21.7 Å². The fourth-order valence-corrected chi connectivity index (χ4v) is 1.81. The quantitative estimate of drug-likeness (QED) is 0.398. The maximum atomic E-state index is 4.62. The van der Waals surface area contributed by atoms with Gasteiger partial charge in [0.15, 0.2) is 0 Å². The van der Waals surface area contributed by atoms with Crippen LogP contribution in [0.15, 0.2) is 54.0 Å². The first kappa shape index (κ1) is 17.3. The molecule has 1 rings (SSSR count). The summed E-state index contributed by atoms with van der Waals surface area (Å²) in [4.78, 5) is 0. The molecule has 3 heteroatoms. The summed E-state index contributed by atoms with van der Waals surface area (Å²) in [5.74, 6) is 0. The van der Waals surface area contributed by atoms with E-state index in [1.165, 1.54) is 5.70 Å². The maximum absolute atomic E-state index is 4.62. The van der Waals surface area contributed by atoms with E-state index in [1.807, 2.05) is 0 Å². The summed E-state index contributed by atoms with van der Waals surface area (Å²) in [5, 5.41) is 0. The number of nitrogens with zero attached hydrogens (tertiary/aromatic N) is 1. The fourth-order valence-electron chi connectivity index (χ4n) is 0.895. The van der Waals surface area contributed by atoms with Crippen LogP contribution in [0.4, 0.5) is 0 Å². The van der Waals surface area contributed by atoms with E-state index in [0.29, 0.717) is 0 Å². The van der Waals surface area contributed by atoms with Gasteiger partial charge in [-0.05, 0) is 33.1 Å². The molecular weight excluding hydrogens is 237 g/mol. The van der Waals surface area contributed by atoms with E-state index >= 15 is 0 Å². The molecular formula is C12H20NPTi. The number of allylic oxidation sites excluding steroid dienone is 5. The van der Waals surface area contributed by atoms with Gasteiger partial charge >= 0.3 is 0 Å². The van der Waals surface area contributed by atoms with Crippen LogP contribution < -0.4 is 0 Å². The molecule has 0 spiro atoms. The summed E-state index contributed by atoms with van der Waals surface area (Å²) in [5.41, 5.74) is 1.25. The van der Waals surface area contributed by atoms with Gasteiger partial charge in [-0.25, -0.2) is 0 Å². The van der Waals surface area contributed by atoms with Crippen LogP contribution in [-0.4, -0.2) is 20.0 Å². The predicted octanol–water partition coefficient (Wildman–Crippen LogP) is 4.28. The van der Waals surface area contributed by atoms with E-state index in [1.54, 1.807) is 12.2 Å². The van der Waals surface area contributed by atoms with Crippen LogP contribution in [-0.2, 0) is 21.7 Å². The van der Waals surface area contributed by atoms with Crippen molar-refractivity contribution in [3.8, 4) is 0 Å². The largest absolute Gasteiger partial charge is 0.272 e. The Hall–Kier alpha value is -0.0957. The predicted molar refractivity (Wildman–Crippen MR) is 69.4 cm³/mol. The SMILES string of the molecule is C=CC=C.CP(C)(C)=NC1=CC=CC1.[Ti]. The second kappa shape index (κ2) is 9.15. The number of hydrogen-bond donors (Lipinski definition) is 0. The summed E-state index contributed by atoms with van der Waals surface area (Å²) in [7, 11) is -0.948. The first-order valence-electron chi connectivity index (χ1n) is 4.63. The topological polar surface area (TPSA) is 12.4 Å².